The van der Waals surface area contributed by atoms with Gasteiger partial charge in [-0.3, -0.25) is 4.79 Å². The maximum atomic E-state index is 12.0. The molecule has 0 saturated heterocycles. The van der Waals surface area contributed by atoms with Gasteiger partial charge in [0.25, 0.3) is 0 Å². The zero-order valence-corrected chi connectivity index (χ0v) is 15.1. The van der Waals surface area contributed by atoms with Gasteiger partial charge in [-0.2, -0.15) is 0 Å². The van der Waals surface area contributed by atoms with Crippen molar-refractivity contribution >= 4 is 16.0 Å². The summed E-state index contributed by atoms with van der Waals surface area (Å²) < 4.78 is 33.2. The lowest BCUT2D eigenvalue weighted by Crippen LogP contribution is -2.23. The third kappa shape index (κ3) is 5.36. The first-order valence-corrected chi connectivity index (χ1v) is 9.55. The summed E-state index contributed by atoms with van der Waals surface area (Å²) in [5.74, 6) is 0.190. The monoisotopic (exact) mass is 366 g/mol. The van der Waals surface area contributed by atoms with Gasteiger partial charge in [0.05, 0.1) is 11.3 Å². The molecule has 0 saturated carbocycles. The van der Waals surface area contributed by atoms with Crippen molar-refractivity contribution in [1.29, 1.82) is 0 Å². The van der Waals surface area contributed by atoms with Crippen molar-refractivity contribution in [3.8, 4) is 0 Å². The highest BCUT2D eigenvalue weighted by molar-refractivity contribution is 7.89. The van der Waals surface area contributed by atoms with Crippen LogP contribution < -0.4 is 4.72 Å². The van der Waals surface area contributed by atoms with Crippen LogP contribution in [0.3, 0.4) is 0 Å². The SMILES string of the molecule is CCCn1cnnc1COC(=O)Cc1ccc(S(=O)(=O)NCC)cc1. The third-order valence-electron chi connectivity index (χ3n) is 3.44. The van der Waals surface area contributed by atoms with Crippen LogP contribution in [0.1, 0.15) is 31.7 Å². The van der Waals surface area contributed by atoms with Gasteiger partial charge in [0, 0.05) is 13.1 Å². The molecule has 0 atom stereocenters. The second kappa shape index (κ2) is 8.72. The first kappa shape index (κ1) is 19.1. The van der Waals surface area contributed by atoms with E-state index < -0.39 is 16.0 Å². The van der Waals surface area contributed by atoms with Crippen LogP contribution in [0.2, 0.25) is 0 Å². The van der Waals surface area contributed by atoms with E-state index in [4.69, 9.17) is 4.74 Å². The summed E-state index contributed by atoms with van der Waals surface area (Å²) in [6.45, 7) is 4.89. The van der Waals surface area contributed by atoms with Crippen LogP contribution in [0.25, 0.3) is 0 Å². The van der Waals surface area contributed by atoms with Crippen LogP contribution in [0.15, 0.2) is 35.5 Å². The average Bonchev–Trinajstić information content (AvgIpc) is 3.01. The molecule has 0 spiro atoms. The maximum Gasteiger partial charge on any atom is 0.310 e. The Bertz CT molecular complexity index is 800. The predicted molar refractivity (Wildman–Crippen MR) is 91.1 cm³/mol. The summed E-state index contributed by atoms with van der Waals surface area (Å²) in [5, 5.41) is 7.74. The summed E-state index contributed by atoms with van der Waals surface area (Å²) >= 11 is 0. The predicted octanol–water partition coefficient (Wildman–Crippen LogP) is 1.27. The summed E-state index contributed by atoms with van der Waals surface area (Å²) in [7, 11) is -3.49. The number of carbonyl (C=O) groups excluding carboxylic acids is 1. The lowest BCUT2D eigenvalue weighted by molar-refractivity contribution is -0.144. The van der Waals surface area contributed by atoms with Crippen LogP contribution >= 0.6 is 0 Å². The Morgan fingerprint density at radius 3 is 2.60 bits per heavy atom. The van der Waals surface area contributed by atoms with E-state index in [1.165, 1.54) is 12.1 Å². The van der Waals surface area contributed by atoms with Crippen molar-refractivity contribution in [3.05, 3.63) is 42.0 Å². The first-order valence-electron chi connectivity index (χ1n) is 8.07. The minimum atomic E-state index is -3.49. The first-order chi connectivity index (χ1) is 12.0. The van der Waals surface area contributed by atoms with Crippen LogP contribution in [0.4, 0.5) is 0 Å². The Hall–Kier alpha value is -2.26. The highest BCUT2D eigenvalue weighted by atomic mass is 32.2. The van der Waals surface area contributed by atoms with E-state index in [1.807, 2.05) is 11.5 Å². The number of ether oxygens (including phenoxy) is 1. The number of rotatable bonds is 9. The number of aryl methyl sites for hydroxylation is 1. The van der Waals surface area contributed by atoms with Crippen molar-refractivity contribution in [1.82, 2.24) is 19.5 Å². The van der Waals surface area contributed by atoms with Crippen molar-refractivity contribution in [2.45, 2.75) is 44.7 Å². The molecule has 0 aliphatic rings. The van der Waals surface area contributed by atoms with Crippen LogP contribution in [-0.2, 0) is 39.1 Å². The van der Waals surface area contributed by atoms with E-state index >= 15 is 0 Å². The smallest absolute Gasteiger partial charge is 0.310 e. The van der Waals surface area contributed by atoms with Gasteiger partial charge in [-0.25, -0.2) is 13.1 Å². The molecule has 0 aliphatic heterocycles. The number of hydrogen-bond acceptors (Lipinski definition) is 6. The van der Waals surface area contributed by atoms with Gasteiger partial charge in [-0.05, 0) is 24.1 Å². The van der Waals surface area contributed by atoms with E-state index in [9.17, 15) is 13.2 Å². The van der Waals surface area contributed by atoms with Crippen molar-refractivity contribution in [2.75, 3.05) is 6.54 Å². The molecule has 0 radical (unpaired) electrons. The number of nitrogens with one attached hydrogen (secondary N) is 1. The molecule has 0 bridgehead atoms. The van der Waals surface area contributed by atoms with Gasteiger partial charge in [0.1, 0.15) is 6.33 Å². The fraction of sp³-hybridized carbons (Fsp3) is 0.438. The molecule has 136 valence electrons. The molecule has 2 rings (SSSR count). The van der Waals surface area contributed by atoms with Gasteiger partial charge in [-0.15, -0.1) is 10.2 Å². The second-order valence-electron chi connectivity index (χ2n) is 5.42. The molecule has 0 unspecified atom stereocenters. The Labute approximate surface area is 147 Å². The van der Waals surface area contributed by atoms with Gasteiger partial charge in [0.15, 0.2) is 12.4 Å². The van der Waals surface area contributed by atoms with E-state index in [0.29, 0.717) is 17.9 Å². The third-order valence-corrected chi connectivity index (χ3v) is 5.00. The summed E-state index contributed by atoms with van der Waals surface area (Å²) in [6.07, 6.45) is 2.60. The summed E-state index contributed by atoms with van der Waals surface area (Å²) in [5.41, 5.74) is 0.676. The fourth-order valence-corrected chi connectivity index (χ4v) is 3.28. The van der Waals surface area contributed by atoms with E-state index in [1.54, 1.807) is 25.4 Å². The minimum Gasteiger partial charge on any atom is -0.457 e. The van der Waals surface area contributed by atoms with Crippen molar-refractivity contribution < 1.29 is 17.9 Å². The highest BCUT2D eigenvalue weighted by Crippen LogP contribution is 2.11. The number of aromatic nitrogens is 3. The number of carbonyl (C=O) groups is 1. The van der Waals surface area contributed by atoms with Gasteiger partial charge in [0.2, 0.25) is 10.0 Å². The summed E-state index contributed by atoms with van der Waals surface area (Å²) in [4.78, 5) is 12.1. The lowest BCUT2D eigenvalue weighted by atomic mass is 10.1. The molecule has 1 heterocycles. The van der Waals surface area contributed by atoms with E-state index in [-0.39, 0.29) is 17.9 Å². The van der Waals surface area contributed by atoms with E-state index in [2.05, 4.69) is 14.9 Å². The Morgan fingerprint density at radius 2 is 1.96 bits per heavy atom. The zero-order valence-electron chi connectivity index (χ0n) is 14.3. The zero-order chi connectivity index (χ0) is 18.3. The lowest BCUT2D eigenvalue weighted by Gasteiger charge is -2.07. The normalized spacial score (nSPS) is 11.4. The number of benzene rings is 1. The molecule has 0 amide bonds. The molecule has 1 aromatic carbocycles. The summed E-state index contributed by atoms with van der Waals surface area (Å²) in [6, 6.07) is 6.15. The van der Waals surface area contributed by atoms with Gasteiger partial charge >= 0.3 is 5.97 Å². The Morgan fingerprint density at radius 1 is 1.24 bits per heavy atom. The maximum absolute atomic E-state index is 12.0. The van der Waals surface area contributed by atoms with Crippen molar-refractivity contribution in [2.24, 2.45) is 0 Å². The highest BCUT2D eigenvalue weighted by Gasteiger charge is 2.13. The Balaban J connectivity index is 1.91. The molecule has 25 heavy (non-hydrogen) atoms. The second-order valence-corrected chi connectivity index (χ2v) is 7.19. The topological polar surface area (TPSA) is 103 Å². The van der Waals surface area contributed by atoms with Crippen LogP contribution in [-0.4, -0.2) is 35.7 Å². The van der Waals surface area contributed by atoms with Crippen molar-refractivity contribution in [3.63, 3.8) is 0 Å². The molecular formula is C16H22N4O4S. The fourth-order valence-electron chi connectivity index (χ4n) is 2.24. The minimum absolute atomic E-state index is 0.0590. The molecule has 0 aliphatic carbocycles. The number of nitrogens with zero attached hydrogens (tertiary/aromatic N) is 3. The molecule has 2 aromatic rings. The Kier molecular flexibility index (Phi) is 6.65. The number of esters is 1. The molecule has 0 fully saturated rings. The molecular weight excluding hydrogens is 344 g/mol. The number of hydrogen-bond donors (Lipinski definition) is 1. The van der Waals surface area contributed by atoms with E-state index in [0.717, 1.165) is 13.0 Å². The molecule has 9 heteroatoms. The van der Waals surface area contributed by atoms with Crippen LogP contribution in [0.5, 0.6) is 0 Å². The number of sulfonamides is 1. The largest absolute Gasteiger partial charge is 0.457 e. The van der Waals surface area contributed by atoms with Gasteiger partial charge < -0.3 is 9.30 Å². The van der Waals surface area contributed by atoms with Crippen LogP contribution in [0, 0.1) is 0 Å². The quantitative estimate of drug-likeness (QED) is 0.671. The molecule has 8 nitrogen and oxygen atoms in total. The molecule has 1 N–H and O–H groups in total. The standard InChI is InChI=1S/C16H22N4O4S/c1-3-9-20-12-17-19-15(20)11-24-16(21)10-13-5-7-14(8-6-13)25(22,23)18-4-2/h5-8,12,18H,3-4,9-11H2,1-2H3. The molecule has 1 aromatic heterocycles. The van der Waals surface area contributed by atoms with Gasteiger partial charge in [-0.1, -0.05) is 26.0 Å². The average molecular weight is 366 g/mol.